The van der Waals surface area contributed by atoms with Crippen molar-refractivity contribution >= 4 is 12.6 Å². The number of rotatable bonds is 3. The van der Waals surface area contributed by atoms with E-state index in [1.165, 1.54) is 6.42 Å². The van der Waals surface area contributed by atoms with Gasteiger partial charge in [-0.15, -0.1) is 0 Å². The molecule has 0 saturated heterocycles. The molecule has 0 aromatic carbocycles. The van der Waals surface area contributed by atoms with Gasteiger partial charge in [0.05, 0.1) is 6.10 Å². The summed E-state index contributed by atoms with van der Waals surface area (Å²) < 4.78 is 5.77. The van der Waals surface area contributed by atoms with Gasteiger partial charge in [-0.1, -0.05) is 20.8 Å². The zero-order valence-electron chi connectivity index (χ0n) is 8.29. The van der Waals surface area contributed by atoms with E-state index in [0.29, 0.717) is 17.3 Å². The van der Waals surface area contributed by atoms with Gasteiger partial charge in [0.15, 0.2) is 0 Å². The predicted octanol–water partition coefficient (Wildman–Crippen LogP) is 2.76. The highest BCUT2D eigenvalue weighted by atomic mass is 32.1. The van der Waals surface area contributed by atoms with Gasteiger partial charge in [-0.3, -0.25) is 0 Å². The van der Waals surface area contributed by atoms with Crippen LogP contribution < -0.4 is 0 Å². The van der Waals surface area contributed by atoms with Crippen LogP contribution >= 0.6 is 12.6 Å². The van der Waals surface area contributed by atoms with Gasteiger partial charge in [-0.25, -0.2) is 0 Å². The number of thiol groups is 1. The van der Waals surface area contributed by atoms with Gasteiger partial charge < -0.3 is 4.74 Å². The monoisotopic (exact) mass is 188 g/mol. The Labute approximate surface area is 81.3 Å². The van der Waals surface area contributed by atoms with Gasteiger partial charge in [0.1, 0.15) is 0 Å². The minimum Gasteiger partial charge on any atom is -0.377 e. The van der Waals surface area contributed by atoms with E-state index in [4.69, 9.17) is 4.74 Å². The fourth-order valence-corrected chi connectivity index (χ4v) is 2.61. The van der Waals surface area contributed by atoms with Crippen LogP contribution in [0, 0.1) is 11.8 Å². The summed E-state index contributed by atoms with van der Waals surface area (Å²) in [5.74, 6) is 1.45. The molecule has 0 spiro atoms. The van der Waals surface area contributed by atoms with Crippen LogP contribution in [-0.4, -0.2) is 18.0 Å². The quantitative estimate of drug-likeness (QED) is 0.670. The van der Waals surface area contributed by atoms with Crippen LogP contribution in [0.15, 0.2) is 0 Å². The fourth-order valence-electron chi connectivity index (χ4n) is 1.92. The number of hydrogen-bond acceptors (Lipinski definition) is 2. The minimum absolute atomic E-state index is 0.392. The average molecular weight is 188 g/mol. The molecule has 1 aliphatic rings. The lowest BCUT2D eigenvalue weighted by Gasteiger charge is -2.20. The summed E-state index contributed by atoms with van der Waals surface area (Å²) in [5.41, 5.74) is 0. The first-order chi connectivity index (χ1) is 5.66. The van der Waals surface area contributed by atoms with Crippen molar-refractivity contribution in [3.8, 4) is 0 Å². The maximum Gasteiger partial charge on any atom is 0.0719 e. The van der Waals surface area contributed by atoms with Gasteiger partial charge in [-0.05, 0) is 24.7 Å². The SMILES string of the molecule is CCCOC1C(S)CC(C)C1C. The third-order valence-electron chi connectivity index (χ3n) is 2.92. The molecule has 1 saturated carbocycles. The van der Waals surface area contributed by atoms with E-state index in [0.717, 1.165) is 18.9 Å². The summed E-state index contributed by atoms with van der Waals surface area (Å²) in [6.45, 7) is 7.61. The normalized spacial score (nSPS) is 42.0. The van der Waals surface area contributed by atoms with Crippen molar-refractivity contribution in [1.29, 1.82) is 0 Å². The molecule has 1 rings (SSSR count). The highest BCUT2D eigenvalue weighted by Crippen LogP contribution is 2.36. The molecule has 1 nitrogen and oxygen atoms in total. The molecule has 0 aromatic rings. The van der Waals surface area contributed by atoms with E-state index in [2.05, 4.69) is 33.4 Å². The van der Waals surface area contributed by atoms with E-state index in [1.807, 2.05) is 0 Å². The van der Waals surface area contributed by atoms with Crippen molar-refractivity contribution < 1.29 is 4.74 Å². The topological polar surface area (TPSA) is 9.23 Å². The second kappa shape index (κ2) is 4.52. The Morgan fingerprint density at radius 3 is 2.50 bits per heavy atom. The molecule has 1 aliphatic carbocycles. The Morgan fingerprint density at radius 2 is 2.08 bits per heavy atom. The van der Waals surface area contributed by atoms with Gasteiger partial charge in [0.25, 0.3) is 0 Å². The molecule has 0 amide bonds. The maximum atomic E-state index is 5.77. The van der Waals surface area contributed by atoms with E-state index < -0.39 is 0 Å². The van der Waals surface area contributed by atoms with Gasteiger partial charge in [-0.2, -0.15) is 12.6 Å². The summed E-state index contributed by atoms with van der Waals surface area (Å²) in [7, 11) is 0. The van der Waals surface area contributed by atoms with Crippen molar-refractivity contribution in [3.63, 3.8) is 0 Å². The molecule has 0 radical (unpaired) electrons. The molecular formula is C10H20OS. The van der Waals surface area contributed by atoms with Crippen LogP contribution in [0.25, 0.3) is 0 Å². The number of hydrogen-bond donors (Lipinski definition) is 1. The first-order valence-corrected chi connectivity index (χ1v) is 5.48. The summed E-state index contributed by atoms with van der Waals surface area (Å²) >= 11 is 4.55. The third-order valence-corrected chi connectivity index (χ3v) is 3.43. The molecule has 0 heterocycles. The third kappa shape index (κ3) is 2.17. The van der Waals surface area contributed by atoms with Crippen LogP contribution in [0.5, 0.6) is 0 Å². The van der Waals surface area contributed by atoms with E-state index in [9.17, 15) is 0 Å². The summed E-state index contributed by atoms with van der Waals surface area (Å²) in [4.78, 5) is 0. The predicted molar refractivity (Wildman–Crippen MR) is 55.8 cm³/mol. The Kier molecular flexibility index (Phi) is 3.91. The Bertz CT molecular complexity index is 138. The molecule has 0 bridgehead atoms. The lowest BCUT2D eigenvalue weighted by molar-refractivity contribution is 0.0306. The van der Waals surface area contributed by atoms with Crippen molar-refractivity contribution in [1.82, 2.24) is 0 Å². The van der Waals surface area contributed by atoms with E-state index in [-0.39, 0.29) is 0 Å². The smallest absolute Gasteiger partial charge is 0.0719 e. The molecular weight excluding hydrogens is 168 g/mol. The summed E-state index contributed by atoms with van der Waals surface area (Å²) in [5, 5.41) is 0.460. The zero-order valence-corrected chi connectivity index (χ0v) is 9.18. The van der Waals surface area contributed by atoms with Crippen molar-refractivity contribution in [3.05, 3.63) is 0 Å². The van der Waals surface area contributed by atoms with Crippen molar-refractivity contribution in [2.24, 2.45) is 11.8 Å². The van der Waals surface area contributed by atoms with Crippen LogP contribution in [0.1, 0.15) is 33.6 Å². The second-order valence-electron chi connectivity index (χ2n) is 3.97. The lowest BCUT2D eigenvalue weighted by atomic mass is 9.99. The van der Waals surface area contributed by atoms with Gasteiger partial charge >= 0.3 is 0 Å². The van der Waals surface area contributed by atoms with E-state index >= 15 is 0 Å². The van der Waals surface area contributed by atoms with Crippen LogP contribution in [0.2, 0.25) is 0 Å². The maximum absolute atomic E-state index is 5.77. The molecule has 0 N–H and O–H groups in total. The molecule has 0 aromatic heterocycles. The molecule has 2 heteroatoms. The molecule has 4 atom stereocenters. The largest absolute Gasteiger partial charge is 0.377 e. The summed E-state index contributed by atoms with van der Waals surface area (Å²) in [6.07, 6.45) is 2.71. The minimum atomic E-state index is 0.392. The van der Waals surface area contributed by atoms with Crippen molar-refractivity contribution in [2.45, 2.75) is 45.0 Å². The Hall–Kier alpha value is 0.310. The second-order valence-corrected chi connectivity index (χ2v) is 4.64. The Morgan fingerprint density at radius 1 is 1.42 bits per heavy atom. The highest BCUT2D eigenvalue weighted by molar-refractivity contribution is 7.81. The molecule has 72 valence electrons. The van der Waals surface area contributed by atoms with Crippen LogP contribution in [0.3, 0.4) is 0 Å². The van der Waals surface area contributed by atoms with E-state index in [1.54, 1.807) is 0 Å². The average Bonchev–Trinajstić information content (AvgIpc) is 2.25. The standard InChI is InChI=1S/C10H20OS/c1-4-5-11-10-8(3)7(2)6-9(10)12/h7-10,12H,4-6H2,1-3H3. The fraction of sp³-hybridized carbons (Fsp3) is 1.00. The molecule has 1 fully saturated rings. The number of ether oxygens (including phenoxy) is 1. The van der Waals surface area contributed by atoms with Crippen molar-refractivity contribution in [2.75, 3.05) is 6.61 Å². The first kappa shape index (κ1) is 10.4. The van der Waals surface area contributed by atoms with Crippen LogP contribution in [-0.2, 0) is 4.74 Å². The summed E-state index contributed by atoms with van der Waals surface area (Å²) in [6, 6.07) is 0. The highest BCUT2D eigenvalue weighted by Gasteiger charge is 2.36. The zero-order chi connectivity index (χ0) is 9.14. The Balaban J connectivity index is 2.40. The first-order valence-electron chi connectivity index (χ1n) is 4.96. The van der Waals surface area contributed by atoms with Gasteiger partial charge in [0.2, 0.25) is 0 Å². The lowest BCUT2D eigenvalue weighted by Crippen LogP contribution is -2.25. The van der Waals surface area contributed by atoms with Crippen LogP contribution in [0.4, 0.5) is 0 Å². The van der Waals surface area contributed by atoms with Gasteiger partial charge in [0, 0.05) is 11.9 Å². The molecule has 12 heavy (non-hydrogen) atoms. The molecule has 4 unspecified atom stereocenters. The molecule has 0 aliphatic heterocycles.